The number of fused-ring (bicyclic) bond motifs is 1. The molecule has 0 saturated heterocycles. The van der Waals surface area contributed by atoms with Crippen molar-refractivity contribution in [3.8, 4) is 0 Å². The van der Waals surface area contributed by atoms with Gasteiger partial charge in [-0.25, -0.2) is 13.6 Å². The van der Waals surface area contributed by atoms with Crippen LogP contribution in [0.5, 0.6) is 0 Å². The van der Waals surface area contributed by atoms with Gasteiger partial charge < -0.3 is 4.42 Å². The summed E-state index contributed by atoms with van der Waals surface area (Å²) in [6, 6.07) is 4.59. The van der Waals surface area contributed by atoms with Crippen molar-refractivity contribution in [1.29, 1.82) is 0 Å². The van der Waals surface area contributed by atoms with Gasteiger partial charge in [-0.05, 0) is 24.6 Å². The van der Waals surface area contributed by atoms with Gasteiger partial charge in [-0.15, -0.1) is 0 Å². The van der Waals surface area contributed by atoms with Crippen LogP contribution in [0.15, 0.2) is 33.8 Å². The Balaban J connectivity index is 2.76. The topological polar surface area (TPSA) is 73.3 Å². The molecule has 0 aliphatic carbocycles. The number of hydrogen-bond acceptors (Lipinski definition) is 3. The van der Waals surface area contributed by atoms with E-state index < -0.39 is 10.0 Å². The molecular weight excluding hydrogens is 202 g/mol. The zero-order valence-electron chi connectivity index (χ0n) is 7.52. The van der Waals surface area contributed by atoms with Gasteiger partial charge in [0.2, 0.25) is 10.0 Å². The second-order valence-corrected chi connectivity index (χ2v) is 4.68. The van der Waals surface area contributed by atoms with Crippen LogP contribution in [0.2, 0.25) is 0 Å². The molecule has 0 aliphatic heterocycles. The largest absolute Gasteiger partial charge is 0.464 e. The van der Waals surface area contributed by atoms with Crippen LogP contribution in [0.4, 0.5) is 0 Å². The van der Waals surface area contributed by atoms with E-state index >= 15 is 0 Å². The minimum atomic E-state index is -3.65. The molecule has 0 atom stereocenters. The van der Waals surface area contributed by atoms with Crippen molar-refractivity contribution in [2.45, 2.75) is 11.8 Å². The molecule has 5 heteroatoms. The number of benzene rings is 1. The first-order valence-electron chi connectivity index (χ1n) is 3.99. The lowest BCUT2D eigenvalue weighted by molar-refractivity contribution is 0.595. The van der Waals surface area contributed by atoms with Crippen LogP contribution in [0.3, 0.4) is 0 Å². The average molecular weight is 211 g/mol. The Labute approximate surface area is 81.4 Å². The minimum Gasteiger partial charge on any atom is -0.464 e. The summed E-state index contributed by atoms with van der Waals surface area (Å²) in [5.74, 6) is 0. The second kappa shape index (κ2) is 2.83. The molecule has 0 bridgehead atoms. The van der Waals surface area contributed by atoms with Crippen LogP contribution in [-0.4, -0.2) is 8.42 Å². The van der Waals surface area contributed by atoms with Gasteiger partial charge in [0.1, 0.15) is 5.58 Å². The molecule has 1 aromatic carbocycles. The Morgan fingerprint density at radius 3 is 2.71 bits per heavy atom. The van der Waals surface area contributed by atoms with Gasteiger partial charge >= 0.3 is 0 Å². The van der Waals surface area contributed by atoms with Gasteiger partial charge in [0, 0.05) is 11.5 Å². The summed E-state index contributed by atoms with van der Waals surface area (Å²) in [4.78, 5) is 0.0688. The molecular formula is C9H9NO3S. The van der Waals surface area contributed by atoms with Crippen LogP contribution < -0.4 is 5.14 Å². The van der Waals surface area contributed by atoms with Crippen molar-refractivity contribution >= 4 is 21.0 Å². The maximum atomic E-state index is 11.0. The summed E-state index contributed by atoms with van der Waals surface area (Å²) >= 11 is 0. The number of aryl methyl sites for hydroxylation is 1. The molecule has 0 spiro atoms. The predicted octanol–water partition coefficient (Wildman–Crippen LogP) is 1.39. The number of furan rings is 1. The highest BCUT2D eigenvalue weighted by Crippen LogP contribution is 2.22. The van der Waals surface area contributed by atoms with Crippen molar-refractivity contribution in [3.05, 3.63) is 30.0 Å². The molecule has 0 unspecified atom stereocenters. The van der Waals surface area contributed by atoms with Gasteiger partial charge in [-0.3, -0.25) is 0 Å². The normalized spacial score (nSPS) is 12.1. The average Bonchev–Trinajstić information content (AvgIpc) is 2.46. The third-order valence-electron chi connectivity index (χ3n) is 2.07. The van der Waals surface area contributed by atoms with Gasteiger partial charge in [0.25, 0.3) is 0 Å². The lowest BCUT2D eigenvalue weighted by Crippen LogP contribution is -2.11. The molecule has 1 aromatic heterocycles. The summed E-state index contributed by atoms with van der Waals surface area (Å²) in [5, 5.41) is 5.89. The lowest BCUT2D eigenvalue weighted by atomic mass is 10.2. The molecule has 1 heterocycles. The molecule has 4 nitrogen and oxygen atoms in total. The van der Waals surface area contributed by atoms with Crippen LogP contribution in [0.1, 0.15) is 5.56 Å². The summed E-state index contributed by atoms with van der Waals surface area (Å²) in [5.41, 5.74) is 1.51. The lowest BCUT2D eigenvalue weighted by Gasteiger charge is -1.96. The van der Waals surface area contributed by atoms with E-state index in [0.717, 1.165) is 10.9 Å². The van der Waals surface area contributed by atoms with E-state index in [2.05, 4.69) is 0 Å². The van der Waals surface area contributed by atoms with Crippen molar-refractivity contribution in [3.63, 3.8) is 0 Å². The molecule has 0 saturated carbocycles. The Morgan fingerprint density at radius 2 is 2.07 bits per heavy atom. The number of nitrogens with two attached hydrogens (primary N) is 1. The molecule has 2 N–H and O–H groups in total. The first kappa shape index (κ1) is 9.23. The van der Waals surface area contributed by atoms with Crippen LogP contribution >= 0.6 is 0 Å². The highest BCUT2D eigenvalue weighted by Gasteiger charge is 2.10. The maximum Gasteiger partial charge on any atom is 0.238 e. The van der Waals surface area contributed by atoms with E-state index in [0.29, 0.717) is 5.58 Å². The Morgan fingerprint density at radius 1 is 1.36 bits per heavy atom. The molecule has 2 rings (SSSR count). The molecule has 2 aromatic rings. The predicted molar refractivity (Wildman–Crippen MR) is 52.3 cm³/mol. The van der Waals surface area contributed by atoms with E-state index in [1.165, 1.54) is 12.1 Å². The number of sulfonamides is 1. The van der Waals surface area contributed by atoms with E-state index in [1.807, 2.05) is 6.92 Å². The maximum absolute atomic E-state index is 11.0. The molecule has 74 valence electrons. The SMILES string of the molecule is Cc1coc2cc(S(N)(=O)=O)ccc12. The van der Waals surface area contributed by atoms with Crippen LogP contribution in [-0.2, 0) is 10.0 Å². The summed E-state index contributed by atoms with van der Waals surface area (Å²) in [7, 11) is -3.65. The Hall–Kier alpha value is -1.33. The Bertz CT molecular complexity index is 583. The molecule has 0 amide bonds. The third-order valence-corrected chi connectivity index (χ3v) is 2.98. The standard InChI is InChI=1S/C9H9NO3S/c1-6-5-13-9-4-7(14(10,11)12)2-3-8(6)9/h2-5H,1H3,(H2,10,11,12). The number of primary sulfonamides is 1. The van der Waals surface area contributed by atoms with Gasteiger partial charge in [-0.2, -0.15) is 0 Å². The van der Waals surface area contributed by atoms with Gasteiger partial charge in [0.05, 0.1) is 11.2 Å². The van der Waals surface area contributed by atoms with E-state index in [4.69, 9.17) is 9.56 Å². The molecule has 0 fully saturated rings. The highest BCUT2D eigenvalue weighted by atomic mass is 32.2. The van der Waals surface area contributed by atoms with Crippen molar-refractivity contribution in [1.82, 2.24) is 0 Å². The van der Waals surface area contributed by atoms with Gasteiger partial charge in [-0.1, -0.05) is 0 Å². The molecule has 14 heavy (non-hydrogen) atoms. The van der Waals surface area contributed by atoms with Gasteiger partial charge in [0.15, 0.2) is 0 Å². The van der Waals surface area contributed by atoms with Crippen LogP contribution in [0.25, 0.3) is 11.0 Å². The fraction of sp³-hybridized carbons (Fsp3) is 0.111. The molecule has 0 aliphatic rings. The zero-order valence-corrected chi connectivity index (χ0v) is 8.34. The van der Waals surface area contributed by atoms with E-state index in [9.17, 15) is 8.42 Å². The summed E-state index contributed by atoms with van der Waals surface area (Å²) < 4.78 is 27.2. The van der Waals surface area contributed by atoms with Crippen molar-refractivity contribution < 1.29 is 12.8 Å². The third kappa shape index (κ3) is 1.40. The quantitative estimate of drug-likeness (QED) is 0.774. The summed E-state index contributed by atoms with van der Waals surface area (Å²) in [6.07, 6.45) is 1.58. The first-order valence-corrected chi connectivity index (χ1v) is 5.54. The first-order chi connectivity index (χ1) is 6.48. The molecule has 0 radical (unpaired) electrons. The summed E-state index contributed by atoms with van der Waals surface area (Å²) in [6.45, 7) is 1.89. The monoisotopic (exact) mass is 211 g/mol. The fourth-order valence-corrected chi connectivity index (χ4v) is 1.85. The van der Waals surface area contributed by atoms with E-state index in [-0.39, 0.29) is 4.90 Å². The Kier molecular flexibility index (Phi) is 1.87. The second-order valence-electron chi connectivity index (χ2n) is 3.12. The number of hydrogen-bond donors (Lipinski definition) is 1. The van der Waals surface area contributed by atoms with Crippen molar-refractivity contribution in [2.75, 3.05) is 0 Å². The minimum absolute atomic E-state index is 0.0688. The van der Waals surface area contributed by atoms with E-state index in [1.54, 1.807) is 12.3 Å². The fourth-order valence-electron chi connectivity index (χ4n) is 1.32. The zero-order chi connectivity index (χ0) is 10.3. The van der Waals surface area contributed by atoms with Crippen molar-refractivity contribution in [2.24, 2.45) is 5.14 Å². The highest BCUT2D eigenvalue weighted by molar-refractivity contribution is 7.89. The smallest absolute Gasteiger partial charge is 0.238 e. The number of rotatable bonds is 1. The van der Waals surface area contributed by atoms with Crippen LogP contribution in [0, 0.1) is 6.92 Å².